The summed E-state index contributed by atoms with van der Waals surface area (Å²) in [6.45, 7) is 10.8. The van der Waals surface area contributed by atoms with Gasteiger partial charge in [-0.3, -0.25) is 9.97 Å². The van der Waals surface area contributed by atoms with Crippen LogP contribution in [-0.2, 0) is 20.1 Å². The average molecular weight is 947 g/mol. The largest absolute Gasteiger partial charge is 0.488 e. The predicted octanol–water partition coefficient (Wildman–Crippen LogP) is 12.6. The van der Waals surface area contributed by atoms with Crippen molar-refractivity contribution in [2.45, 2.75) is 46.5 Å². The zero-order chi connectivity index (χ0) is 40.2. The summed E-state index contributed by atoms with van der Waals surface area (Å²) in [6, 6.07) is 51.6. The molecule has 0 N–H and O–H groups in total. The Morgan fingerprint density at radius 3 is 1.75 bits per heavy atom. The molecule has 6 aromatic carbocycles. The fraction of sp³-hybridized carbons (Fsp3) is 0.137. The van der Waals surface area contributed by atoms with E-state index in [1.807, 2.05) is 80.1 Å². The monoisotopic (exact) mass is 947 g/mol. The third-order valence-corrected chi connectivity index (χ3v) is 10.2. The SMILES string of the molecule is Cc1nc2cc(-c3nccn3-c3c(C(C)C)cccc3C(C)C)[c-]cc2o1.N#Cc1cc[c-]c(-c2nccn2-c2c(-c3ccccc3)cccc2-c2ccccc2)c1.[Ir]. The van der Waals surface area contributed by atoms with Crippen LogP contribution in [0, 0.1) is 30.4 Å². The topological polar surface area (TPSA) is 85.5 Å². The van der Waals surface area contributed by atoms with Crippen LogP contribution >= 0.6 is 0 Å². The smallest absolute Gasteiger partial charge is 0.180 e. The number of fused-ring (bicyclic) bond motifs is 1. The molecule has 1 radical (unpaired) electrons. The van der Waals surface area contributed by atoms with Gasteiger partial charge in [0.05, 0.1) is 29.0 Å². The molecule has 293 valence electrons. The molecule has 0 atom stereocenters. The van der Waals surface area contributed by atoms with Gasteiger partial charge in [-0.15, -0.1) is 53.6 Å². The Morgan fingerprint density at radius 1 is 0.644 bits per heavy atom. The van der Waals surface area contributed by atoms with Crippen LogP contribution in [0.2, 0.25) is 0 Å². The van der Waals surface area contributed by atoms with Gasteiger partial charge in [0, 0.05) is 74.1 Å². The van der Waals surface area contributed by atoms with E-state index in [-0.39, 0.29) is 20.1 Å². The van der Waals surface area contributed by atoms with Gasteiger partial charge in [0.25, 0.3) is 0 Å². The molecule has 7 nitrogen and oxygen atoms in total. The summed E-state index contributed by atoms with van der Waals surface area (Å²) >= 11 is 0. The van der Waals surface area contributed by atoms with E-state index in [4.69, 9.17) is 4.42 Å². The summed E-state index contributed by atoms with van der Waals surface area (Å²) in [6.07, 6.45) is 7.65. The van der Waals surface area contributed by atoms with Crippen LogP contribution in [0.15, 0.2) is 157 Å². The Morgan fingerprint density at radius 2 is 1.19 bits per heavy atom. The quantitative estimate of drug-likeness (QED) is 0.142. The normalized spacial score (nSPS) is 10.9. The van der Waals surface area contributed by atoms with E-state index in [9.17, 15) is 5.26 Å². The number of hydrogen-bond acceptors (Lipinski definition) is 5. The maximum atomic E-state index is 9.34. The molecule has 59 heavy (non-hydrogen) atoms. The second kappa shape index (κ2) is 17.9. The molecule has 0 saturated carbocycles. The van der Waals surface area contributed by atoms with E-state index < -0.39 is 0 Å². The van der Waals surface area contributed by atoms with Gasteiger partial charge in [-0.25, -0.2) is 4.98 Å². The number of hydrogen-bond donors (Lipinski definition) is 0. The van der Waals surface area contributed by atoms with Gasteiger partial charge in [-0.2, -0.15) is 5.26 Å². The minimum Gasteiger partial charge on any atom is -0.488 e. The minimum absolute atomic E-state index is 0. The second-order valence-electron chi connectivity index (χ2n) is 14.7. The fourth-order valence-electron chi connectivity index (χ4n) is 7.44. The van der Waals surface area contributed by atoms with Crippen molar-refractivity contribution >= 4 is 11.1 Å². The van der Waals surface area contributed by atoms with Crippen LogP contribution < -0.4 is 0 Å². The first-order valence-corrected chi connectivity index (χ1v) is 19.5. The van der Waals surface area contributed by atoms with Crippen LogP contribution in [0.1, 0.15) is 62.1 Å². The summed E-state index contributed by atoms with van der Waals surface area (Å²) in [7, 11) is 0. The number of oxazole rings is 1. The molecule has 3 aromatic heterocycles. The zero-order valence-corrected chi connectivity index (χ0v) is 35.9. The summed E-state index contributed by atoms with van der Waals surface area (Å²) in [4.78, 5) is 13.7. The van der Waals surface area contributed by atoms with E-state index >= 15 is 0 Å². The van der Waals surface area contributed by atoms with Gasteiger partial charge in [-0.1, -0.05) is 125 Å². The number of para-hydroxylation sites is 2. The third kappa shape index (κ3) is 8.35. The van der Waals surface area contributed by atoms with Crippen LogP contribution in [0.5, 0.6) is 0 Å². The minimum atomic E-state index is 0. The van der Waals surface area contributed by atoms with Crippen LogP contribution in [-0.4, -0.2) is 24.1 Å². The standard InChI is InChI=1S/C28H18N3.C23H24N3O.Ir/c29-20-21-9-7-14-24(19-21)28-30-17-18-31(28)27-25(22-10-3-1-4-11-22)15-8-16-26(27)23-12-5-2-6-13-23;1-14(2)18-7-6-8-19(15(3)4)22(18)26-12-11-24-23(26)17-9-10-21-20(13-17)25-16(5)27-21;/h1-13,15-19H;6-8,10-15H,1-5H3;/q2*-1;. The summed E-state index contributed by atoms with van der Waals surface area (Å²) in [5.74, 6) is 3.11. The molecule has 0 saturated heterocycles. The van der Waals surface area contributed by atoms with Crippen molar-refractivity contribution in [1.29, 1.82) is 5.26 Å². The number of imidazole rings is 2. The maximum absolute atomic E-state index is 9.34. The van der Waals surface area contributed by atoms with Gasteiger partial charge >= 0.3 is 0 Å². The Bertz CT molecular complexity index is 2800. The van der Waals surface area contributed by atoms with Crippen molar-refractivity contribution in [1.82, 2.24) is 24.1 Å². The molecule has 0 spiro atoms. The van der Waals surface area contributed by atoms with Crippen molar-refractivity contribution in [3.63, 3.8) is 0 Å². The van der Waals surface area contributed by atoms with Crippen molar-refractivity contribution in [3.05, 3.63) is 187 Å². The molecule has 9 aromatic rings. The Balaban J connectivity index is 0.000000178. The van der Waals surface area contributed by atoms with E-state index in [0.29, 0.717) is 23.3 Å². The fourth-order valence-corrected chi connectivity index (χ4v) is 7.44. The number of benzene rings is 6. The van der Waals surface area contributed by atoms with E-state index in [2.05, 4.69) is 131 Å². The van der Waals surface area contributed by atoms with Gasteiger partial charge < -0.3 is 13.6 Å². The first-order valence-electron chi connectivity index (χ1n) is 19.5. The molecule has 0 fully saturated rings. The zero-order valence-electron chi connectivity index (χ0n) is 33.5. The average Bonchev–Trinajstić information content (AvgIpc) is 4.04. The molecule has 9 rings (SSSR count). The van der Waals surface area contributed by atoms with E-state index in [1.165, 1.54) is 16.8 Å². The third-order valence-electron chi connectivity index (χ3n) is 10.2. The van der Waals surface area contributed by atoms with Crippen molar-refractivity contribution < 1.29 is 24.5 Å². The molecule has 3 heterocycles. The number of aromatic nitrogens is 5. The van der Waals surface area contributed by atoms with E-state index in [0.717, 1.165) is 61.8 Å². The number of rotatable bonds is 8. The Hall–Kier alpha value is -6.65. The molecular formula is C51H42IrN6O-2. The van der Waals surface area contributed by atoms with Crippen LogP contribution in [0.3, 0.4) is 0 Å². The predicted molar refractivity (Wildman–Crippen MR) is 232 cm³/mol. The van der Waals surface area contributed by atoms with Gasteiger partial charge in [0.15, 0.2) is 5.89 Å². The first kappa shape index (κ1) is 40.5. The molecule has 0 amide bonds. The maximum Gasteiger partial charge on any atom is 0.180 e. The van der Waals surface area contributed by atoms with Crippen molar-refractivity contribution in [2.24, 2.45) is 0 Å². The molecule has 0 aliphatic rings. The van der Waals surface area contributed by atoms with Crippen molar-refractivity contribution in [3.8, 4) is 62.5 Å². The second-order valence-corrected chi connectivity index (χ2v) is 14.7. The summed E-state index contributed by atoms with van der Waals surface area (Å²) < 4.78 is 9.87. The van der Waals surface area contributed by atoms with Crippen molar-refractivity contribution in [2.75, 3.05) is 0 Å². The molecular weight excluding hydrogens is 905 g/mol. The Labute approximate surface area is 359 Å². The van der Waals surface area contributed by atoms with Crippen LogP contribution in [0.4, 0.5) is 0 Å². The number of nitriles is 1. The number of aryl methyl sites for hydroxylation is 1. The van der Waals surface area contributed by atoms with Crippen LogP contribution in [0.25, 0.3) is 67.5 Å². The number of nitrogens with zero attached hydrogens (tertiary/aromatic N) is 6. The molecule has 0 aliphatic carbocycles. The molecule has 0 bridgehead atoms. The Kier molecular flexibility index (Phi) is 12.3. The van der Waals surface area contributed by atoms with Gasteiger partial charge in [0.2, 0.25) is 0 Å². The summed E-state index contributed by atoms with van der Waals surface area (Å²) in [5.41, 5.74) is 13.2. The molecule has 0 aliphatic heterocycles. The van der Waals surface area contributed by atoms with Gasteiger partial charge in [0.1, 0.15) is 0 Å². The molecule has 8 heteroatoms. The summed E-state index contributed by atoms with van der Waals surface area (Å²) in [5, 5.41) is 9.34. The van der Waals surface area contributed by atoms with E-state index in [1.54, 1.807) is 18.3 Å². The van der Waals surface area contributed by atoms with Gasteiger partial charge in [-0.05, 0) is 39.7 Å². The first-order chi connectivity index (χ1) is 28.3. The molecule has 0 unspecified atom stereocenters.